The minimum atomic E-state index is 0.749. The maximum atomic E-state index is 3.64. The highest BCUT2D eigenvalue weighted by Crippen LogP contribution is 2.25. The molecule has 0 amide bonds. The van der Waals surface area contributed by atoms with Gasteiger partial charge in [0.15, 0.2) is 0 Å². The van der Waals surface area contributed by atoms with Crippen molar-refractivity contribution in [2.24, 2.45) is 11.8 Å². The lowest BCUT2D eigenvalue weighted by Crippen LogP contribution is -2.44. The third-order valence-corrected chi connectivity index (χ3v) is 3.86. The number of nitrogens with zero attached hydrogens (tertiary/aromatic N) is 1. The largest absolute Gasteiger partial charge is 0.315 e. The second-order valence-corrected chi connectivity index (χ2v) is 6.38. The molecule has 2 nitrogen and oxygen atoms in total. The van der Waals surface area contributed by atoms with E-state index in [0.29, 0.717) is 0 Å². The van der Waals surface area contributed by atoms with Gasteiger partial charge in [-0.25, -0.2) is 0 Å². The van der Waals surface area contributed by atoms with Crippen molar-refractivity contribution < 1.29 is 0 Å². The van der Waals surface area contributed by atoms with E-state index in [-0.39, 0.29) is 0 Å². The van der Waals surface area contributed by atoms with Crippen LogP contribution in [0.3, 0.4) is 0 Å². The summed E-state index contributed by atoms with van der Waals surface area (Å²) in [6.45, 7) is 15.3. The Bertz CT molecular complexity index is 203. The maximum Gasteiger partial charge on any atom is 0.0223 e. The number of hydrogen-bond donors (Lipinski definition) is 1. The van der Waals surface area contributed by atoms with Gasteiger partial charge in [-0.1, -0.05) is 34.1 Å². The highest BCUT2D eigenvalue weighted by molar-refractivity contribution is 4.86. The van der Waals surface area contributed by atoms with Gasteiger partial charge >= 0.3 is 0 Å². The van der Waals surface area contributed by atoms with Crippen LogP contribution in [0.1, 0.15) is 53.9 Å². The summed E-state index contributed by atoms with van der Waals surface area (Å²) < 4.78 is 0. The van der Waals surface area contributed by atoms with E-state index in [1.54, 1.807) is 0 Å². The van der Waals surface area contributed by atoms with Crippen LogP contribution in [0.5, 0.6) is 0 Å². The molecule has 102 valence electrons. The molecule has 1 aliphatic heterocycles. The number of likely N-dealkylation sites (tertiary alicyclic amines) is 1. The van der Waals surface area contributed by atoms with Gasteiger partial charge < -0.3 is 5.32 Å². The Kier molecular flexibility index (Phi) is 6.50. The molecule has 0 radical (unpaired) electrons. The van der Waals surface area contributed by atoms with E-state index < -0.39 is 0 Å². The van der Waals surface area contributed by atoms with Crippen molar-refractivity contribution in [1.82, 2.24) is 10.2 Å². The Labute approximate surface area is 108 Å². The first-order valence-corrected chi connectivity index (χ1v) is 7.51. The summed E-state index contributed by atoms with van der Waals surface area (Å²) in [7, 11) is 0. The Morgan fingerprint density at radius 3 is 2.41 bits per heavy atom. The van der Waals surface area contributed by atoms with Crippen LogP contribution in [0, 0.1) is 11.8 Å². The molecule has 3 unspecified atom stereocenters. The zero-order chi connectivity index (χ0) is 12.8. The van der Waals surface area contributed by atoms with Crippen LogP contribution in [0.25, 0.3) is 0 Å². The van der Waals surface area contributed by atoms with Gasteiger partial charge in [-0.2, -0.15) is 0 Å². The average Bonchev–Trinajstić information content (AvgIpc) is 2.56. The fraction of sp³-hybridized carbons (Fsp3) is 1.00. The summed E-state index contributed by atoms with van der Waals surface area (Å²) in [5.74, 6) is 1.64. The molecule has 0 aromatic rings. The first-order valence-electron chi connectivity index (χ1n) is 7.51. The molecule has 3 atom stereocenters. The van der Waals surface area contributed by atoms with Crippen LogP contribution >= 0.6 is 0 Å². The fourth-order valence-electron chi connectivity index (χ4n) is 3.10. The smallest absolute Gasteiger partial charge is 0.0223 e. The Morgan fingerprint density at radius 1 is 1.24 bits per heavy atom. The normalized spacial score (nSPS) is 27.9. The van der Waals surface area contributed by atoms with Crippen LogP contribution in [-0.4, -0.2) is 36.6 Å². The first-order chi connectivity index (χ1) is 8.04. The van der Waals surface area contributed by atoms with Gasteiger partial charge in [-0.3, -0.25) is 4.90 Å². The van der Waals surface area contributed by atoms with Crippen molar-refractivity contribution in [2.45, 2.75) is 66.0 Å². The predicted octanol–water partition coefficient (Wildman–Crippen LogP) is 3.13. The van der Waals surface area contributed by atoms with Gasteiger partial charge in [-0.15, -0.1) is 0 Å². The zero-order valence-electron chi connectivity index (χ0n) is 12.5. The van der Waals surface area contributed by atoms with Crippen molar-refractivity contribution in [3.8, 4) is 0 Å². The molecule has 0 spiro atoms. The third kappa shape index (κ3) is 4.97. The molecule has 1 fully saturated rings. The first kappa shape index (κ1) is 15.0. The molecule has 1 aliphatic rings. The molecule has 2 heteroatoms. The minimum absolute atomic E-state index is 0.749. The Hall–Kier alpha value is -0.0800. The second-order valence-electron chi connectivity index (χ2n) is 6.38. The van der Waals surface area contributed by atoms with Crippen molar-refractivity contribution in [3.05, 3.63) is 0 Å². The topological polar surface area (TPSA) is 15.3 Å². The molecule has 0 aliphatic carbocycles. The SMILES string of the molecule is CCCC(CNCC(C)C)N1CC(C)CC1C. The molecule has 0 aromatic heterocycles. The van der Waals surface area contributed by atoms with E-state index in [9.17, 15) is 0 Å². The quantitative estimate of drug-likeness (QED) is 0.735. The van der Waals surface area contributed by atoms with Crippen molar-refractivity contribution in [1.29, 1.82) is 0 Å². The standard InChI is InChI=1S/C15H32N2/c1-6-7-15(10-16-9-12(2)3)17-11-13(4)8-14(17)5/h12-16H,6-11H2,1-5H3. The van der Waals surface area contributed by atoms with Gasteiger partial charge in [0.1, 0.15) is 0 Å². The van der Waals surface area contributed by atoms with Crippen molar-refractivity contribution in [2.75, 3.05) is 19.6 Å². The molecule has 1 saturated heterocycles. The average molecular weight is 240 g/mol. The maximum absolute atomic E-state index is 3.64. The summed E-state index contributed by atoms with van der Waals surface area (Å²) in [5, 5.41) is 3.64. The number of rotatable bonds is 7. The van der Waals surface area contributed by atoms with E-state index in [1.807, 2.05) is 0 Å². The molecule has 17 heavy (non-hydrogen) atoms. The van der Waals surface area contributed by atoms with Gasteiger partial charge in [0.05, 0.1) is 0 Å². The Morgan fingerprint density at radius 2 is 1.94 bits per heavy atom. The summed E-state index contributed by atoms with van der Waals surface area (Å²) in [6, 6.07) is 1.53. The summed E-state index contributed by atoms with van der Waals surface area (Å²) in [4.78, 5) is 2.74. The highest BCUT2D eigenvalue weighted by atomic mass is 15.2. The van der Waals surface area contributed by atoms with E-state index >= 15 is 0 Å². The number of nitrogens with one attached hydrogen (secondary N) is 1. The monoisotopic (exact) mass is 240 g/mol. The molecule has 1 rings (SSSR count). The summed E-state index contributed by atoms with van der Waals surface area (Å²) in [6.07, 6.45) is 4.01. The third-order valence-electron chi connectivity index (χ3n) is 3.86. The molecule has 0 saturated carbocycles. The second kappa shape index (κ2) is 7.38. The molecule has 0 aromatic carbocycles. The Balaban J connectivity index is 2.41. The van der Waals surface area contributed by atoms with Crippen molar-refractivity contribution in [3.63, 3.8) is 0 Å². The summed E-state index contributed by atoms with van der Waals surface area (Å²) in [5.41, 5.74) is 0. The van der Waals surface area contributed by atoms with E-state index in [0.717, 1.165) is 30.5 Å². The minimum Gasteiger partial charge on any atom is -0.315 e. The molecular formula is C15H32N2. The van der Waals surface area contributed by atoms with Gasteiger partial charge in [0, 0.05) is 25.2 Å². The predicted molar refractivity (Wildman–Crippen MR) is 76.4 cm³/mol. The molecule has 1 heterocycles. The van der Waals surface area contributed by atoms with E-state index in [1.165, 1.54) is 32.4 Å². The van der Waals surface area contributed by atoms with Crippen LogP contribution in [0.4, 0.5) is 0 Å². The molecule has 0 bridgehead atoms. The fourth-order valence-corrected chi connectivity index (χ4v) is 3.10. The lowest BCUT2D eigenvalue weighted by molar-refractivity contribution is 0.171. The van der Waals surface area contributed by atoms with E-state index in [2.05, 4.69) is 44.8 Å². The van der Waals surface area contributed by atoms with Crippen LogP contribution in [-0.2, 0) is 0 Å². The van der Waals surface area contributed by atoms with Crippen LogP contribution in [0.15, 0.2) is 0 Å². The van der Waals surface area contributed by atoms with Crippen molar-refractivity contribution >= 4 is 0 Å². The lowest BCUT2D eigenvalue weighted by atomic mass is 10.1. The molecular weight excluding hydrogens is 208 g/mol. The highest BCUT2D eigenvalue weighted by Gasteiger charge is 2.30. The lowest BCUT2D eigenvalue weighted by Gasteiger charge is -2.32. The molecule has 1 N–H and O–H groups in total. The van der Waals surface area contributed by atoms with E-state index in [4.69, 9.17) is 0 Å². The van der Waals surface area contributed by atoms with Crippen LogP contribution in [0.2, 0.25) is 0 Å². The number of hydrogen-bond acceptors (Lipinski definition) is 2. The van der Waals surface area contributed by atoms with Gasteiger partial charge in [0.2, 0.25) is 0 Å². The van der Waals surface area contributed by atoms with Gasteiger partial charge in [0.25, 0.3) is 0 Å². The zero-order valence-corrected chi connectivity index (χ0v) is 12.5. The van der Waals surface area contributed by atoms with Crippen LogP contribution < -0.4 is 5.32 Å². The van der Waals surface area contributed by atoms with Gasteiger partial charge in [-0.05, 0) is 38.1 Å². The summed E-state index contributed by atoms with van der Waals surface area (Å²) >= 11 is 0.